The van der Waals surface area contributed by atoms with E-state index in [0.717, 1.165) is 6.54 Å². The third-order valence-electron chi connectivity index (χ3n) is 0.558. The third kappa shape index (κ3) is 18.4. The van der Waals surface area contributed by atoms with Crippen LogP contribution in [0.4, 0.5) is 0 Å². The summed E-state index contributed by atoms with van der Waals surface area (Å²) in [6, 6.07) is 0. The fraction of sp³-hybridized carbons (Fsp3) is 1.00. The van der Waals surface area contributed by atoms with Crippen molar-refractivity contribution in [1.29, 1.82) is 0 Å². The van der Waals surface area contributed by atoms with Crippen molar-refractivity contribution in [1.82, 2.24) is 0 Å². The van der Waals surface area contributed by atoms with Crippen molar-refractivity contribution in [2.45, 2.75) is 19.8 Å². The Bertz CT molecular complexity index is 19.2. The minimum atomic E-state index is 0. The van der Waals surface area contributed by atoms with Gasteiger partial charge in [-0.25, -0.2) is 0 Å². The molecule has 0 aromatic heterocycles. The zero-order chi connectivity index (χ0) is 4.12. The summed E-state index contributed by atoms with van der Waals surface area (Å²) in [6.07, 6.45) is 2.39. The molecule has 2 nitrogen and oxygen atoms in total. The summed E-state index contributed by atoms with van der Waals surface area (Å²) >= 11 is 0. The van der Waals surface area contributed by atoms with Gasteiger partial charge < -0.3 is 11.2 Å². The first-order chi connectivity index (χ1) is 2.41. The summed E-state index contributed by atoms with van der Waals surface area (Å²) in [7, 11) is 0. The maximum Gasteiger partial charge on any atom is 1.00 e. The predicted octanol–water partition coefficient (Wildman–Crippen LogP) is -2.43. The van der Waals surface area contributed by atoms with E-state index in [1.807, 2.05) is 0 Å². The summed E-state index contributed by atoms with van der Waals surface area (Å²) in [5.41, 5.74) is 5.14. The van der Waals surface area contributed by atoms with E-state index in [1.165, 1.54) is 12.8 Å². The number of hydrogen-bond donors (Lipinski definition) is 1. The Labute approximate surface area is 87.6 Å². The Morgan fingerprint density at radius 3 is 1.86 bits per heavy atom. The van der Waals surface area contributed by atoms with Crippen LogP contribution in [0.2, 0.25) is 0 Å². The molecule has 0 unspecified atom stereocenters. The Balaban J connectivity index is -0.0000000800. The molecule has 0 atom stereocenters. The molecule has 40 valence electrons. The van der Waals surface area contributed by atoms with Crippen molar-refractivity contribution >= 4 is 0 Å². The minimum Gasteiger partial charge on any atom is -0.870 e. The van der Waals surface area contributed by atoms with Crippen molar-refractivity contribution in [3.63, 3.8) is 0 Å². The van der Waals surface area contributed by atoms with E-state index in [4.69, 9.17) is 5.73 Å². The summed E-state index contributed by atoms with van der Waals surface area (Å²) in [4.78, 5) is 0. The van der Waals surface area contributed by atoms with E-state index in [1.54, 1.807) is 0 Å². The monoisotopic (exact) mass is 129 g/mol. The first-order valence-electron chi connectivity index (χ1n) is 2.12. The van der Waals surface area contributed by atoms with Crippen LogP contribution in [0.5, 0.6) is 0 Å². The molecule has 0 amide bonds. The Morgan fingerprint density at radius 2 is 1.86 bits per heavy atom. The van der Waals surface area contributed by atoms with Crippen molar-refractivity contribution < 1.29 is 56.9 Å². The van der Waals surface area contributed by atoms with Gasteiger partial charge in [0.15, 0.2) is 0 Å². The Hall–Kier alpha value is 1.56. The molecule has 0 bridgehead atoms. The average Bonchev–Trinajstić information content (AvgIpc) is 1.41. The Kier molecular flexibility index (Phi) is 35.4. The first kappa shape index (κ1) is 15.8. The van der Waals surface area contributed by atoms with Crippen molar-refractivity contribution in [2.75, 3.05) is 6.54 Å². The van der Waals surface area contributed by atoms with Gasteiger partial charge in [-0.15, -0.1) is 0 Å². The van der Waals surface area contributed by atoms with Crippen LogP contribution in [0, 0.1) is 0 Å². The predicted molar refractivity (Wildman–Crippen MR) is 25.9 cm³/mol. The van der Waals surface area contributed by atoms with Gasteiger partial charge in [-0.2, -0.15) is 0 Å². The molecule has 0 saturated heterocycles. The van der Waals surface area contributed by atoms with Crippen LogP contribution in [0.3, 0.4) is 0 Å². The van der Waals surface area contributed by atoms with Gasteiger partial charge in [0.25, 0.3) is 0 Å². The zero-order valence-corrected chi connectivity index (χ0v) is 8.27. The fourth-order valence-corrected chi connectivity index (χ4v) is 0.204. The summed E-state index contributed by atoms with van der Waals surface area (Å²) in [5, 5.41) is 0. The topological polar surface area (TPSA) is 56.0 Å². The maximum atomic E-state index is 5.14. The van der Waals surface area contributed by atoms with E-state index in [2.05, 4.69) is 6.92 Å². The van der Waals surface area contributed by atoms with Gasteiger partial charge in [0.05, 0.1) is 0 Å². The summed E-state index contributed by atoms with van der Waals surface area (Å²) in [6.45, 7) is 2.98. The molecule has 0 heterocycles. The second-order valence-electron chi connectivity index (χ2n) is 1.14. The van der Waals surface area contributed by atoms with Crippen LogP contribution < -0.4 is 57.1 Å². The second kappa shape index (κ2) is 15.6. The average molecular weight is 129 g/mol. The second-order valence-corrected chi connectivity index (χ2v) is 1.14. The van der Waals surface area contributed by atoms with Crippen LogP contribution in [-0.4, -0.2) is 12.0 Å². The van der Waals surface area contributed by atoms with Gasteiger partial charge in [-0.05, 0) is 13.0 Å². The van der Waals surface area contributed by atoms with Crippen molar-refractivity contribution in [2.24, 2.45) is 5.73 Å². The molecule has 7 heavy (non-hydrogen) atoms. The van der Waals surface area contributed by atoms with E-state index < -0.39 is 0 Å². The molecule has 0 aliphatic heterocycles. The molecule has 3 N–H and O–H groups in total. The van der Waals surface area contributed by atoms with E-state index in [-0.39, 0.29) is 56.9 Å². The quantitative estimate of drug-likeness (QED) is 0.422. The molecule has 0 spiro atoms. The van der Waals surface area contributed by atoms with Gasteiger partial charge >= 0.3 is 51.4 Å². The number of nitrogens with two attached hydrogens (primary N) is 1. The molecular weight excluding hydrogens is 117 g/mol. The molecule has 0 radical (unpaired) electrons. The van der Waals surface area contributed by atoms with Gasteiger partial charge in [0.2, 0.25) is 0 Å². The smallest absolute Gasteiger partial charge is 0.870 e. The molecule has 0 saturated carbocycles. The first-order valence-corrected chi connectivity index (χ1v) is 2.12. The molecule has 0 aliphatic rings. The largest absolute Gasteiger partial charge is 1.00 e. The number of rotatable bonds is 2. The van der Waals surface area contributed by atoms with Crippen molar-refractivity contribution in [3.8, 4) is 0 Å². The molecular formula is C4H12KNO. The standard InChI is InChI=1S/C4H11N.K.H2O/c1-2-3-4-5;;/h2-5H2,1H3;;1H2/q;+1;/p-1. The van der Waals surface area contributed by atoms with Gasteiger partial charge in [0.1, 0.15) is 0 Å². The number of unbranched alkanes of at least 4 members (excludes halogenated alkanes) is 1. The molecule has 0 aromatic rings. The minimum absolute atomic E-state index is 0. The molecule has 0 aliphatic carbocycles. The Morgan fingerprint density at radius 1 is 1.43 bits per heavy atom. The number of hydrogen-bond acceptors (Lipinski definition) is 2. The third-order valence-corrected chi connectivity index (χ3v) is 0.558. The SMILES string of the molecule is CCCCN.[K+].[OH-]. The van der Waals surface area contributed by atoms with Gasteiger partial charge in [0, 0.05) is 0 Å². The molecule has 0 rings (SSSR count). The van der Waals surface area contributed by atoms with Crippen LogP contribution in [0.15, 0.2) is 0 Å². The van der Waals surface area contributed by atoms with Gasteiger partial charge in [-0.3, -0.25) is 0 Å². The van der Waals surface area contributed by atoms with Gasteiger partial charge in [-0.1, -0.05) is 13.3 Å². The summed E-state index contributed by atoms with van der Waals surface area (Å²) in [5.74, 6) is 0. The van der Waals surface area contributed by atoms with Crippen LogP contribution >= 0.6 is 0 Å². The van der Waals surface area contributed by atoms with Crippen LogP contribution in [-0.2, 0) is 0 Å². The van der Waals surface area contributed by atoms with Crippen molar-refractivity contribution in [3.05, 3.63) is 0 Å². The fourth-order valence-electron chi connectivity index (χ4n) is 0.204. The zero-order valence-electron chi connectivity index (χ0n) is 5.15. The van der Waals surface area contributed by atoms with Crippen LogP contribution in [0.25, 0.3) is 0 Å². The molecule has 3 heteroatoms. The molecule has 0 fully saturated rings. The maximum absolute atomic E-state index is 5.14. The van der Waals surface area contributed by atoms with Crippen LogP contribution in [0.1, 0.15) is 19.8 Å². The van der Waals surface area contributed by atoms with E-state index in [0.29, 0.717) is 0 Å². The molecule has 0 aromatic carbocycles. The van der Waals surface area contributed by atoms with E-state index >= 15 is 0 Å². The normalized spacial score (nSPS) is 6.00. The van der Waals surface area contributed by atoms with E-state index in [9.17, 15) is 0 Å². The summed E-state index contributed by atoms with van der Waals surface area (Å²) < 4.78 is 0.